The predicted octanol–water partition coefficient (Wildman–Crippen LogP) is 0.690. The van der Waals surface area contributed by atoms with E-state index < -0.39 is 0 Å². The summed E-state index contributed by atoms with van der Waals surface area (Å²) >= 11 is 0. The van der Waals surface area contributed by atoms with Crippen molar-refractivity contribution < 1.29 is 0 Å². The van der Waals surface area contributed by atoms with Crippen LogP contribution in [-0.4, -0.2) is 37.1 Å². The molecule has 0 aromatic rings. The monoisotopic (exact) mass is 142 g/mol. The van der Waals surface area contributed by atoms with Crippen molar-refractivity contribution in [3.63, 3.8) is 0 Å². The molecule has 0 aliphatic carbocycles. The van der Waals surface area contributed by atoms with Crippen LogP contribution >= 0.6 is 0 Å². The maximum atomic E-state index is 3.43. The SMILES string of the molecule is CN1CCCNCC1(C)C. The standard InChI is InChI=1S/C8H18N2/c1-8(2)7-9-5-4-6-10(8)3/h9H,4-7H2,1-3H3. The van der Waals surface area contributed by atoms with E-state index in [4.69, 9.17) is 0 Å². The van der Waals surface area contributed by atoms with Crippen molar-refractivity contribution in [2.75, 3.05) is 26.7 Å². The number of likely N-dealkylation sites (N-methyl/N-ethyl adjacent to an activating group) is 1. The van der Waals surface area contributed by atoms with Crippen LogP contribution in [0.15, 0.2) is 0 Å². The first kappa shape index (κ1) is 8.02. The lowest BCUT2D eigenvalue weighted by molar-refractivity contribution is 0.171. The van der Waals surface area contributed by atoms with E-state index in [0.717, 1.165) is 6.54 Å². The van der Waals surface area contributed by atoms with Crippen LogP contribution in [0.2, 0.25) is 0 Å². The highest BCUT2D eigenvalue weighted by molar-refractivity contribution is 4.83. The minimum atomic E-state index is 0.344. The zero-order chi connectivity index (χ0) is 7.61. The van der Waals surface area contributed by atoms with E-state index in [1.54, 1.807) is 0 Å². The molecule has 0 radical (unpaired) electrons. The van der Waals surface area contributed by atoms with Gasteiger partial charge in [0.1, 0.15) is 0 Å². The maximum absolute atomic E-state index is 3.43. The van der Waals surface area contributed by atoms with Gasteiger partial charge in [0, 0.05) is 12.1 Å². The molecule has 1 saturated heterocycles. The molecule has 0 spiro atoms. The van der Waals surface area contributed by atoms with Gasteiger partial charge in [0.2, 0.25) is 0 Å². The van der Waals surface area contributed by atoms with Gasteiger partial charge in [-0.3, -0.25) is 4.90 Å². The highest BCUT2D eigenvalue weighted by Crippen LogP contribution is 2.12. The number of hydrogen-bond acceptors (Lipinski definition) is 2. The molecule has 1 fully saturated rings. The van der Waals surface area contributed by atoms with E-state index in [1.807, 2.05) is 0 Å². The molecule has 0 amide bonds. The van der Waals surface area contributed by atoms with Crippen molar-refractivity contribution >= 4 is 0 Å². The molecule has 0 unspecified atom stereocenters. The van der Waals surface area contributed by atoms with Crippen LogP contribution in [0.5, 0.6) is 0 Å². The fraction of sp³-hybridized carbons (Fsp3) is 1.00. The quantitative estimate of drug-likeness (QED) is 0.535. The average Bonchev–Trinajstić information content (AvgIpc) is 1.96. The van der Waals surface area contributed by atoms with Gasteiger partial charge in [-0.25, -0.2) is 0 Å². The Bertz CT molecular complexity index is 110. The van der Waals surface area contributed by atoms with Crippen LogP contribution in [0.4, 0.5) is 0 Å². The summed E-state index contributed by atoms with van der Waals surface area (Å²) in [7, 11) is 2.20. The zero-order valence-electron chi connectivity index (χ0n) is 7.28. The average molecular weight is 142 g/mol. The first-order valence-corrected chi connectivity index (χ1v) is 4.05. The summed E-state index contributed by atoms with van der Waals surface area (Å²) in [4.78, 5) is 2.42. The molecule has 60 valence electrons. The molecule has 0 aromatic heterocycles. The third-order valence-corrected chi connectivity index (χ3v) is 2.44. The fourth-order valence-corrected chi connectivity index (χ4v) is 1.27. The number of nitrogens with one attached hydrogen (secondary N) is 1. The number of rotatable bonds is 0. The smallest absolute Gasteiger partial charge is 0.0274 e. The summed E-state index contributed by atoms with van der Waals surface area (Å²) in [6, 6.07) is 0. The summed E-state index contributed by atoms with van der Waals surface area (Å²) in [6.45, 7) is 8.08. The second kappa shape index (κ2) is 2.89. The van der Waals surface area contributed by atoms with E-state index in [0.29, 0.717) is 5.54 Å². The Morgan fingerprint density at radius 1 is 1.40 bits per heavy atom. The molecule has 0 bridgehead atoms. The Labute approximate surface area is 63.6 Å². The van der Waals surface area contributed by atoms with E-state index in [2.05, 4.69) is 31.1 Å². The van der Waals surface area contributed by atoms with Gasteiger partial charge < -0.3 is 5.32 Å². The first-order valence-electron chi connectivity index (χ1n) is 4.05. The molecule has 10 heavy (non-hydrogen) atoms. The van der Waals surface area contributed by atoms with Crippen LogP contribution in [0.3, 0.4) is 0 Å². The molecule has 1 rings (SSSR count). The van der Waals surface area contributed by atoms with Crippen molar-refractivity contribution in [3.05, 3.63) is 0 Å². The first-order chi connectivity index (χ1) is 4.63. The summed E-state index contributed by atoms with van der Waals surface area (Å²) < 4.78 is 0. The molecule has 2 nitrogen and oxygen atoms in total. The molecule has 1 N–H and O–H groups in total. The summed E-state index contributed by atoms with van der Waals surface area (Å²) in [5.74, 6) is 0. The minimum absolute atomic E-state index is 0.344. The fourth-order valence-electron chi connectivity index (χ4n) is 1.27. The number of hydrogen-bond donors (Lipinski definition) is 1. The molecule has 1 aliphatic rings. The van der Waals surface area contributed by atoms with Gasteiger partial charge >= 0.3 is 0 Å². The Hall–Kier alpha value is -0.0800. The van der Waals surface area contributed by atoms with Crippen molar-refractivity contribution in [2.24, 2.45) is 0 Å². The molecular weight excluding hydrogens is 124 g/mol. The van der Waals surface area contributed by atoms with Crippen molar-refractivity contribution in [1.82, 2.24) is 10.2 Å². The van der Waals surface area contributed by atoms with Gasteiger partial charge in [-0.1, -0.05) is 0 Å². The van der Waals surface area contributed by atoms with Crippen LogP contribution in [0.25, 0.3) is 0 Å². The Balaban J connectivity index is 2.52. The Morgan fingerprint density at radius 3 is 2.80 bits per heavy atom. The lowest BCUT2D eigenvalue weighted by Crippen LogP contribution is -2.46. The summed E-state index contributed by atoms with van der Waals surface area (Å²) in [5.41, 5.74) is 0.344. The summed E-state index contributed by atoms with van der Waals surface area (Å²) in [6.07, 6.45) is 1.28. The van der Waals surface area contributed by atoms with Gasteiger partial charge in [-0.15, -0.1) is 0 Å². The Morgan fingerprint density at radius 2 is 2.10 bits per heavy atom. The molecular formula is C8H18N2. The maximum Gasteiger partial charge on any atom is 0.0274 e. The van der Waals surface area contributed by atoms with Crippen molar-refractivity contribution in [1.29, 1.82) is 0 Å². The van der Waals surface area contributed by atoms with Crippen molar-refractivity contribution in [3.8, 4) is 0 Å². The highest BCUT2D eigenvalue weighted by atomic mass is 15.2. The molecule has 2 heteroatoms. The topological polar surface area (TPSA) is 15.3 Å². The predicted molar refractivity (Wildman–Crippen MR) is 44.2 cm³/mol. The largest absolute Gasteiger partial charge is 0.315 e. The van der Waals surface area contributed by atoms with E-state index in [9.17, 15) is 0 Å². The number of nitrogens with zero attached hydrogens (tertiary/aromatic N) is 1. The normalized spacial score (nSPS) is 27.9. The van der Waals surface area contributed by atoms with Gasteiger partial charge in [-0.2, -0.15) is 0 Å². The Kier molecular flexibility index (Phi) is 2.32. The lowest BCUT2D eigenvalue weighted by Gasteiger charge is -2.33. The van der Waals surface area contributed by atoms with Crippen LogP contribution in [-0.2, 0) is 0 Å². The third kappa shape index (κ3) is 1.70. The molecule has 0 saturated carbocycles. The molecule has 1 aliphatic heterocycles. The van der Waals surface area contributed by atoms with Gasteiger partial charge in [0.15, 0.2) is 0 Å². The van der Waals surface area contributed by atoms with Gasteiger partial charge in [0.05, 0.1) is 0 Å². The minimum Gasteiger partial charge on any atom is -0.315 e. The molecule has 0 atom stereocenters. The second-order valence-corrected chi connectivity index (χ2v) is 3.76. The van der Waals surface area contributed by atoms with E-state index in [-0.39, 0.29) is 0 Å². The van der Waals surface area contributed by atoms with Gasteiger partial charge in [-0.05, 0) is 40.4 Å². The summed E-state index contributed by atoms with van der Waals surface area (Å²) in [5, 5.41) is 3.43. The second-order valence-electron chi connectivity index (χ2n) is 3.76. The van der Waals surface area contributed by atoms with Crippen LogP contribution < -0.4 is 5.32 Å². The van der Waals surface area contributed by atoms with E-state index in [1.165, 1.54) is 19.5 Å². The van der Waals surface area contributed by atoms with Crippen LogP contribution in [0.1, 0.15) is 20.3 Å². The molecule has 1 heterocycles. The third-order valence-electron chi connectivity index (χ3n) is 2.44. The van der Waals surface area contributed by atoms with E-state index >= 15 is 0 Å². The highest BCUT2D eigenvalue weighted by Gasteiger charge is 2.24. The zero-order valence-corrected chi connectivity index (χ0v) is 7.28. The van der Waals surface area contributed by atoms with Crippen LogP contribution in [0, 0.1) is 0 Å². The van der Waals surface area contributed by atoms with Crippen molar-refractivity contribution in [2.45, 2.75) is 25.8 Å². The van der Waals surface area contributed by atoms with Gasteiger partial charge in [0.25, 0.3) is 0 Å². The lowest BCUT2D eigenvalue weighted by atomic mass is 10.0. The molecule has 0 aromatic carbocycles.